The first-order valence-electron chi connectivity index (χ1n) is 10.3. The summed E-state index contributed by atoms with van der Waals surface area (Å²) in [6.07, 6.45) is 7.03. The summed E-state index contributed by atoms with van der Waals surface area (Å²) in [5.41, 5.74) is 1.17. The zero-order chi connectivity index (χ0) is 18.9. The van der Waals surface area contributed by atoms with E-state index in [0.717, 1.165) is 63.9 Å². The SMILES string of the molecule is CCNC(=NCc1ccnc(N2CCCC2)c1)NCCCN1CCCC1=O.I. The second-order valence-corrected chi connectivity index (χ2v) is 7.18. The number of aromatic nitrogens is 1. The molecule has 1 aromatic rings. The van der Waals surface area contributed by atoms with Crippen LogP contribution < -0.4 is 15.5 Å². The Kier molecular flexibility index (Phi) is 9.80. The molecule has 2 aliphatic heterocycles. The number of rotatable bonds is 8. The molecule has 2 N–H and O–H groups in total. The molecule has 0 saturated carbocycles. The van der Waals surface area contributed by atoms with Crippen molar-refractivity contribution < 1.29 is 4.79 Å². The molecule has 3 heterocycles. The van der Waals surface area contributed by atoms with Crippen LogP contribution in [0.3, 0.4) is 0 Å². The maximum absolute atomic E-state index is 11.6. The summed E-state index contributed by atoms with van der Waals surface area (Å²) in [6.45, 7) is 8.27. The molecule has 7 nitrogen and oxygen atoms in total. The van der Waals surface area contributed by atoms with Crippen LogP contribution in [0.1, 0.15) is 44.6 Å². The van der Waals surface area contributed by atoms with E-state index in [0.29, 0.717) is 18.9 Å². The predicted octanol–water partition coefficient (Wildman–Crippen LogP) is 2.37. The molecule has 1 aromatic heterocycles. The van der Waals surface area contributed by atoms with Crippen molar-refractivity contribution in [2.75, 3.05) is 44.2 Å². The van der Waals surface area contributed by atoms with E-state index in [1.54, 1.807) is 0 Å². The minimum atomic E-state index is 0. The summed E-state index contributed by atoms with van der Waals surface area (Å²) >= 11 is 0. The van der Waals surface area contributed by atoms with Gasteiger partial charge in [0.2, 0.25) is 5.91 Å². The fraction of sp³-hybridized carbons (Fsp3) is 0.650. The smallest absolute Gasteiger partial charge is 0.222 e. The van der Waals surface area contributed by atoms with Crippen LogP contribution >= 0.6 is 24.0 Å². The Balaban J connectivity index is 0.00000280. The Bertz CT molecular complexity index is 647. The van der Waals surface area contributed by atoms with Crippen LogP contribution in [0.2, 0.25) is 0 Å². The number of halogens is 1. The zero-order valence-corrected chi connectivity index (χ0v) is 19.2. The largest absolute Gasteiger partial charge is 0.357 e. The molecule has 0 aromatic carbocycles. The highest BCUT2D eigenvalue weighted by Crippen LogP contribution is 2.18. The van der Waals surface area contributed by atoms with Crippen LogP contribution in [0.25, 0.3) is 0 Å². The summed E-state index contributed by atoms with van der Waals surface area (Å²) in [6, 6.07) is 4.18. The van der Waals surface area contributed by atoms with Gasteiger partial charge in [-0.1, -0.05) is 0 Å². The zero-order valence-electron chi connectivity index (χ0n) is 16.8. The minimum absolute atomic E-state index is 0. The summed E-state index contributed by atoms with van der Waals surface area (Å²) in [5, 5.41) is 6.67. The Morgan fingerprint density at radius 1 is 1.21 bits per heavy atom. The van der Waals surface area contributed by atoms with Gasteiger partial charge in [-0.15, -0.1) is 24.0 Å². The highest BCUT2D eigenvalue weighted by atomic mass is 127. The van der Waals surface area contributed by atoms with Crippen LogP contribution in [0.15, 0.2) is 23.3 Å². The molecule has 0 unspecified atom stereocenters. The third kappa shape index (κ3) is 6.79. The van der Waals surface area contributed by atoms with Crippen LogP contribution in [0.4, 0.5) is 5.82 Å². The van der Waals surface area contributed by atoms with E-state index >= 15 is 0 Å². The molecule has 0 bridgehead atoms. The average Bonchev–Trinajstić information content (AvgIpc) is 3.35. The van der Waals surface area contributed by atoms with Crippen molar-refractivity contribution in [2.24, 2.45) is 4.99 Å². The number of likely N-dealkylation sites (tertiary alicyclic amines) is 1. The first-order valence-corrected chi connectivity index (χ1v) is 10.3. The summed E-state index contributed by atoms with van der Waals surface area (Å²) < 4.78 is 0. The summed E-state index contributed by atoms with van der Waals surface area (Å²) in [7, 11) is 0. The molecule has 2 aliphatic rings. The molecular weight excluding hydrogens is 467 g/mol. The number of anilines is 1. The molecule has 28 heavy (non-hydrogen) atoms. The Morgan fingerprint density at radius 3 is 2.75 bits per heavy atom. The number of nitrogens with zero attached hydrogens (tertiary/aromatic N) is 4. The first kappa shape index (κ1) is 22.7. The number of guanidine groups is 1. The van der Waals surface area contributed by atoms with Crippen LogP contribution in [0, 0.1) is 0 Å². The Hall–Kier alpha value is -1.58. The van der Waals surface area contributed by atoms with Gasteiger partial charge in [0.25, 0.3) is 0 Å². The van der Waals surface area contributed by atoms with Crippen molar-refractivity contribution in [1.82, 2.24) is 20.5 Å². The van der Waals surface area contributed by atoms with E-state index in [-0.39, 0.29) is 24.0 Å². The molecule has 3 rings (SSSR count). The molecule has 2 fully saturated rings. The van der Waals surface area contributed by atoms with E-state index in [1.165, 1.54) is 18.4 Å². The van der Waals surface area contributed by atoms with Gasteiger partial charge >= 0.3 is 0 Å². The fourth-order valence-electron chi connectivity index (χ4n) is 3.61. The quantitative estimate of drug-likeness (QED) is 0.248. The molecule has 0 spiro atoms. The normalized spacial score (nSPS) is 17.0. The number of nitrogens with one attached hydrogen (secondary N) is 2. The molecule has 8 heteroatoms. The van der Waals surface area contributed by atoms with Crippen LogP contribution in [0.5, 0.6) is 0 Å². The minimum Gasteiger partial charge on any atom is -0.357 e. The monoisotopic (exact) mass is 500 g/mol. The topological polar surface area (TPSA) is 72.9 Å². The van der Waals surface area contributed by atoms with E-state index in [9.17, 15) is 4.79 Å². The van der Waals surface area contributed by atoms with Gasteiger partial charge in [-0.25, -0.2) is 9.98 Å². The number of carbonyl (C=O) groups is 1. The number of hydrogen-bond donors (Lipinski definition) is 2. The Labute approximate surface area is 185 Å². The maximum Gasteiger partial charge on any atom is 0.222 e. The number of amides is 1. The molecule has 156 valence electrons. The lowest BCUT2D eigenvalue weighted by Gasteiger charge is -2.17. The van der Waals surface area contributed by atoms with Crippen LogP contribution in [-0.4, -0.2) is 61.0 Å². The molecule has 0 radical (unpaired) electrons. The van der Waals surface area contributed by atoms with Crippen molar-refractivity contribution in [1.29, 1.82) is 0 Å². The molecule has 2 saturated heterocycles. The van der Waals surface area contributed by atoms with Gasteiger partial charge < -0.3 is 20.4 Å². The second-order valence-electron chi connectivity index (χ2n) is 7.18. The number of carbonyl (C=O) groups excluding carboxylic acids is 1. The van der Waals surface area contributed by atoms with Gasteiger partial charge in [-0.05, 0) is 50.3 Å². The van der Waals surface area contributed by atoms with Gasteiger partial charge in [0.15, 0.2) is 5.96 Å². The van der Waals surface area contributed by atoms with E-state index in [4.69, 9.17) is 4.99 Å². The lowest BCUT2D eigenvalue weighted by Crippen LogP contribution is -2.39. The van der Waals surface area contributed by atoms with Gasteiger partial charge in [0.05, 0.1) is 6.54 Å². The average molecular weight is 500 g/mol. The van der Waals surface area contributed by atoms with E-state index < -0.39 is 0 Å². The van der Waals surface area contributed by atoms with E-state index in [1.807, 2.05) is 17.2 Å². The number of hydrogen-bond acceptors (Lipinski definition) is 4. The third-order valence-corrected chi connectivity index (χ3v) is 5.07. The lowest BCUT2D eigenvalue weighted by molar-refractivity contribution is -0.127. The van der Waals surface area contributed by atoms with Crippen molar-refractivity contribution in [2.45, 2.75) is 45.6 Å². The standard InChI is InChI=1S/C20H32N6O.HI/c1-2-21-20(23-9-6-14-26-13-5-7-19(26)27)24-16-17-8-10-22-18(15-17)25-11-3-4-12-25;/h8,10,15H,2-7,9,11-14,16H2,1H3,(H2,21,23,24);1H. The number of aliphatic imine (C=N–C) groups is 1. The maximum atomic E-state index is 11.6. The second kappa shape index (κ2) is 12.1. The van der Waals surface area contributed by atoms with Crippen LogP contribution in [-0.2, 0) is 11.3 Å². The highest BCUT2D eigenvalue weighted by molar-refractivity contribution is 14.0. The summed E-state index contributed by atoms with van der Waals surface area (Å²) in [4.78, 5) is 25.2. The fourth-order valence-corrected chi connectivity index (χ4v) is 3.61. The predicted molar refractivity (Wildman–Crippen MR) is 124 cm³/mol. The molecule has 0 atom stereocenters. The van der Waals surface area contributed by atoms with Gasteiger partial charge in [0, 0.05) is 51.9 Å². The van der Waals surface area contributed by atoms with E-state index in [2.05, 4.69) is 33.5 Å². The highest BCUT2D eigenvalue weighted by Gasteiger charge is 2.19. The molecular formula is C20H33IN6O. The molecule has 1 amide bonds. The third-order valence-electron chi connectivity index (χ3n) is 5.07. The van der Waals surface area contributed by atoms with Crippen molar-refractivity contribution >= 4 is 41.7 Å². The van der Waals surface area contributed by atoms with Gasteiger partial charge in [-0.2, -0.15) is 0 Å². The van der Waals surface area contributed by atoms with Crippen molar-refractivity contribution in [3.8, 4) is 0 Å². The summed E-state index contributed by atoms with van der Waals surface area (Å²) in [5.74, 6) is 2.18. The van der Waals surface area contributed by atoms with Crippen molar-refractivity contribution in [3.63, 3.8) is 0 Å². The molecule has 0 aliphatic carbocycles. The number of pyridine rings is 1. The Morgan fingerprint density at radius 2 is 2.04 bits per heavy atom. The first-order chi connectivity index (χ1) is 13.3. The lowest BCUT2D eigenvalue weighted by atomic mass is 10.2. The van der Waals surface area contributed by atoms with Gasteiger partial charge in [0.1, 0.15) is 5.82 Å². The van der Waals surface area contributed by atoms with Gasteiger partial charge in [-0.3, -0.25) is 4.79 Å². The van der Waals surface area contributed by atoms with Crippen molar-refractivity contribution in [3.05, 3.63) is 23.9 Å².